The van der Waals surface area contributed by atoms with Gasteiger partial charge in [0, 0.05) is 26.7 Å². The molecule has 1 aromatic carbocycles. The number of hydrogen-bond donors (Lipinski definition) is 1. The number of likely N-dealkylation sites (tertiary alicyclic amines) is 1. The van der Waals surface area contributed by atoms with Crippen molar-refractivity contribution in [2.75, 3.05) is 59.1 Å². The van der Waals surface area contributed by atoms with Crippen molar-refractivity contribution in [2.24, 2.45) is 0 Å². The predicted molar refractivity (Wildman–Crippen MR) is 132 cm³/mol. The van der Waals surface area contributed by atoms with Gasteiger partial charge in [-0.05, 0) is 24.1 Å². The van der Waals surface area contributed by atoms with E-state index in [-0.39, 0.29) is 29.5 Å². The molecule has 0 bridgehead atoms. The molecule has 1 aliphatic rings. The Morgan fingerprint density at radius 1 is 1.21 bits per heavy atom. The minimum atomic E-state index is -1.16. The third-order valence-electron chi connectivity index (χ3n) is 6.76. The van der Waals surface area contributed by atoms with Gasteiger partial charge in [-0.2, -0.15) is 4.98 Å². The second kappa shape index (κ2) is 11.1. The highest BCUT2D eigenvalue weighted by atomic mass is 19.1. The lowest BCUT2D eigenvalue weighted by Gasteiger charge is -2.34. The molecule has 0 radical (unpaired) electrons. The summed E-state index contributed by atoms with van der Waals surface area (Å²) in [5, 5.41) is 15.2. The van der Waals surface area contributed by atoms with Crippen LogP contribution < -0.4 is 10.1 Å². The second-order valence-electron chi connectivity index (χ2n) is 9.14. The largest absolute Gasteiger partial charge is 0.479 e. The number of fused-ring (bicyclic) bond motifs is 2. The first-order chi connectivity index (χ1) is 18.5. The van der Waals surface area contributed by atoms with Crippen molar-refractivity contribution in [3.63, 3.8) is 0 Å². The van der Waals surface area contributed by atoms with Gasteiger partial charge < -0.3 is 14.8 Å². The summed E-state index contributed by atoms with van der Waals surface area (Å²) in [4.78, 5) is 6.37. The number of halogens is 4. The molecule has 0 unspecified atom stereocenters. The number of anilines is 1. The summed E-state index contributed by atoms with van der Waals surface area (Å²) in [7, 11) is 3.00. The molecular weight excluding hydrogens is 508 g/mol. The maximum Gasteiger partial charge on any atom is 0.244 e. The normalized spacial score (nSPS) is 18.6. The van der Waals surface area contributed by atoms with Crippen LogP contribution in [0.15, 0.2) is 24.4 Å². The van der Waals surface area contributed by atoms with Gasteiger partial charge in [0.1, 0.15) is 36.6 Å². The monoisotopic (exact) mass is 536 g/mol. The zero-order valence-corrected chi connectivity index (χ0v) is 21.0. The maximum atomic E-state index is 15.3. The van der Waals surface area contributed by atoms with Crippen LogP contribution in [-0.2, 0) is 4.74 Å². The summed E-state index contributed by atoms with van der Waals surface area (Å²) in [5.74, 6) is -0.442. The Hall–Kier alpha value is -3.52. The van der Waals surface area contributed by atoms with Gasteiger partial charge >= 0.3 is 0 Å². The number of alkyl halides is 3. The van der Waals surface area contributed by atoms with Gasteiger partial charge in [0.15, 0.2) is 5.82 Å². The van der Waals surface area contributed by atoms with Crippen molar-refractivity contribution < 1.29 is 27.0 Å². The van der Waals surface area contributed by atoms with Gasteiger partial charge in [-0.1, -0.05) is 11.3 Å². The minimum absolute atomic E-state index is 0.0754. The van der Waals surface area contributed by atoms with Gasteiger partial charge in [-0.3, -0.25) is 4.90 Å². The number of rotatable bonds is 10. The number of ether oxygens (including phenoxy) is 2. The average molecular weight is 537 g/mol. The number of nitrogens with one attached hydrogen (secondary N) is 1. The van der Waals surface area contributed by atoms with Crippen LogP contribution >= 0.6 is 0 Å². The number of benzene rings is 1. The van der Waals surface area contributed by atoms with Gasteiger partial charge in [0.05, 0.1) is 37.0 Å². The van der Waals surface area contributed by atoms with E-state index in [9.17, 15) is 13.2 Å². The lowest BCUT2D eigenvalue weighted by atomic mass is 10.0. The SMILES string of the molecule is COCCN1CC[C@H](Nc2nc(OC)c3c(-c4ccc5nnn(C(CF)CF)c5c4)c(F)cn3n2)[C@H](F)C1. The van der Waals surface area contributed by atoms with Crippen LogP contribution in [0.4, 0.5) is 23.5 Å². The molecule has 10 nitrogen and oxygen atoms in total. The van der Waals surface area contributed by atoms with Crippen LogP contribution in [-0.4, -0.2) is 101 Å². The highest BCUT2D eigenvalue weighted by molar-refractivity contribution is 5.89. The molecule has 3 aromatic heterocycles. The first-order valence-corrected chi connectivity index (χ1v) is 12.2. The average Bonchev–Trinajstić information content (AvgIpc) is 3.49. The number of aromatic nitrogens is 6. The van der Waals surface area contributed by atoms with Crippen molar-refractivity contribution in [3.8, 4) is 17.0 Å². The van der Waals surface area contributed by atoms with E-state index in [0.717, 1.165) is 4.68 Å². The molecule has 1 N–H and O–H groups in total. The van der Waals surface area contributed by atoms with Crippen LogP contribution in [0.5, 0.6) is 5.88 Å². The van der Waals surface area contributed by atoms with Crippen LogP contribution in [0.2, 0.25) is 0 Å². The molecular formula is C24H28F4N8O2. The minimum Gasteiger partial charge on any atom is -0.479 e. The van der Waals surface area contributed by atoms with E-state index in [1.165, 1.54) is 17.8 Å². The fourth-order valence-electron chi connectivity index (χ4n) is 4.75. The molecule has 1 saturated heterocycles. The van der Waals surface area contributed by atoms with Crippen molar-refractivity contribution in [2.45, 2.75) is 24.7 Å². The van der Waals surface area contributed by atoms with E-state index in [2.05, 4.69) is 25.7 Å². The van der Waals surface area contributed by atoms with Crippen molar-refractivity contribution in [3.05, 3.63) is 30.2 Å². The zero-order valence-electron chi connectivity index (χ0n) is 21.0. The van der Waals surface area contributed by atoms with Crippen molar-refractivity contribution in [1.82, 2.24) is 34.5 Å². The molecule has 38 heavy (non-hydrogen) atoms. The quantitative estimate of drug-likeness (QED) is 0.309. The summed E-state index contributed by atoms with van der Waals surface area (Å²) >= 11 is 0. The van der Waals surface area contributed by atoms with Gasteiger partial charge in [-0.25, -0.2) is 26.8 Å². The number of piperidine rings is 1. The van der Waals surface area contributed by atoms with Crippen LogP contribution in [0, 0.1) is 5.82 Å². The molecule has 204 valence electrons. The Balaban J connectivity index is 1.47. The van der Waals surface area contributed by atoms with E-state index in [4.69, 9.17) is 9.47 Å². The number of hydrogen-bond acceptors (Lipinski definition) is 8. The molecule has 1 aliphatic heterocycles. The second-order valence-corrected chi connectivity index (χ2v) is 9.14. The molecule has 4 heterocycles. The summed E-state index contributed by atoms with van der Waals surface area (Å²) in [5.41, 5.74) is 1.54. The number of nitrogens with zero attached hydrogens (tertiary/aromatic N) is 7. The maximum absolute atomic E-state index is 15.3. The molecule has 14 heteroatoms. The Labute approximate surface area is 215 Å². The standard InChI is InChI=1S/C24H28F4N8O2/c1-37-8-7-34-6-5-18(16(27)12-34)29-24-30-23(38-2)22-21(17(28)13-35(22)32-24)14-3-4-19-20(9-14)36(33-31-19)15(10-25)11-26/h3-4,9,13,15-16,18H,5-8,10-12H2,1-2H3,(H,29,32)/t16-,18+/m1/s1. The summed E-state index contributed by atoms with van der Waals surface area (Å²) < 4.78 is 69.8. The molecule has 0 aliphatic carbocycles. The Morgan fingerprint density at radius 3 is 2.74 bits per heavy atom. The topological polar surface area (TPSA) is 94.6 Å². The van der Waals surface area contributed by atoms with E-state index in [1.54, 1.807) is 25.3 Å². The van der Waals surface area contributed by atoms with Crippen molar-refractivity contribution >= 4 is 22.5 Å². The molecule has 5 rings (SSSR count). The predicted octanol–water partition coefficient (Wildman–Crippen LogP) is 3.24. The molecule has 1 fully saturated rings. The van der Waals surface area contributed by atoms with E-state index in [1.807, 2.05) is 4.90 Å². The van der Waals surface area contributed by atoms with E-state index < -0.39 is 37.4 Å². The fraction of sp³-hybridized carbons (Fsp3) is 0.500. The summed E-state index contributed by atoms with van der Waals surface area (Å²) in [6.45, 7) is 0.181. The highest BCUT2D eigenvalue weighted by Gasteiger charge is 2.30. The molecule has 0 saturated carbocycles. The van der Waals surface area contributed by atoms with Gasteiger partial charge in [-0.15, -0.1) is 10.2 Å². The van der Waals surface area contributed by atoms with Crippen molar-refractivity contribution in [1.29, 1.82) is 0 Å². The highest BCUT2D eigenvalue weighted by Crippen LogP contribution is 2.35. The van der Waals surface area contributed by atoms with Gasteiger partial charge in [0.25, 0.3) is 0 Å². The number of methoxy groups -OCH3 is 2. The fourth-order valence-corrected chi connectivity index (χ4v) is 4.75. The third kappa shape index (κ3) is 4.85. The first kappa shape index (κ1) is 26.1. The van der Waals surface area contributed by atoms with Gasteiger partial charge in [0.2, 0.25) is 11.8 Å². The zero-order chi connectivity index (χ0) is 26.8. The summed E-state index contributed by atoms with van der Waals surface area (Å²) in [6, 6.07) is 3.11. The van der Waals surface area contributed by atoms with E-state index >= 15 is 4.39 Å². The molecule has 0 amide bonds. The third-order valence-corrected chi connectivity index (χ3v) is 6.76. The Bertz CT molecular complexity index is 1410. The smallest absolute Gasteiger partial charge is 0.244 e. The van der Waals surface area contributed by atoms with Crippen LogP contribution in [0.25, 0.3) is 27.7 Å². The summed E-state index contributed by atoms with van der Waals surface area (Å²) in [6.07, 6.45) is 0.539. The Kier molecular flexibility index (Phi) is 7.61. The van der Waals surface area contributed by atoms with Crippen LogP contribution in [0.1, 0.15) is 12.5 Å². The lowest BCUT2D eigenvalue weighted by Crippen LogP contribution is -2.48. The van der Waals surface area contributed by atoms with Crippen LogP contribution in [0.3, 0.4) is 0 Å². The molecule has 0 spiro atoms. The first-order valence-electron chi connectivity index (χ1n) is 12.2. The molecule has 2 atom stereocenters. The van der Waals surface area contributed by atoms with E-state index in [0.29, 0.717) is 42.7 Å². The lowest BCUT2D eigenvalue weighted by molar-refractivity contribution is 0.0918. The Morgan fingerprint density at radius 2 is 2.03 bits per heavy atom. The molecule has 4 aromatic rings.